The van der Waals surface area contributed by atoms with Gasteiger partial charge in [0.2, 0.25) is 0 Å². The number of halogens is 3. The highest BCUT2D eigenvalue weighted by atomic mass is 19.4. The summed E-state index contributed by atoms with van der Waals surface area (Å²) in [6.45, 7) is 15.8. The summed E-state index contributed by atoms with van der Waals surface area (Å²) in [6.07, 6.45) is -4.68. The number of nitrogens with zero attached hydrogens (tertiary/aromatic N) is 4. The molecule has 0 saturated carbocycles. The molecule has 0 radical (unpaired) electrons. The van der Waals surface area contributed by atoms with E-state index in [1.165, 1.54) is 6.07 Å². The topological polar surface area (TPSA) is 38.0 Å². The van der Waals surface area contributed by atoms with Gasteiger partial charge in [-0.2, -0.15) is 18.4 Å². The second-order valence-electron chi connectivity index (χ2n) is 12.9. The molecule has 0 atom stereocenters. The summed E-state index contributed by atoms with van der Waals surface area (Å²) in [5.41, 5.74) is 9.04. The Kier molecular flexibility index (Phi) is 6.89. The molecule has 6 aromatic carbocycles. The van der Waals surface area contributed by atoms with Gasteiger partial charge >= 0.3 is 6.18 Å². The molecule has 0 fully saturated rings. The molecule has 2 heterocycles. The first-order chi connectivity index (χ1) is 24.0. The van der Waals surface area contributed by atoms with Crippen molar-refractivity contribution in [3.63, 3.8) is 0 Å². The lowest BCUT2D eigenvalue weighted by molar-refractivity contribution is -0.137. The minimum atomic E-state index is -4.68. The molecule has 7 heteroatoms. The van der Waals surface area contributed by atoms with Crippen molar-refractivity contribution in [2.75, 3.05) is 0 Å². The average molecular weight is 659 g/mol. The van der Waals surface area contributed by atoms with Gasteiger partial charge in [-0.05, 0) is 85.8 Å². The first-order valence-corrected chi connectivity index (χ1v) is 16.2. The van der Waals surface area contributed by atoms with Crippen LogP contribution < -0.4 is 0 Å². The maximum atomic E-state index is 14.2. The van der Waals surface area contributed by atoms with E-state index in [0.717, 1.165) is 83.7 Å². The largest absolute Gasteiger partial charge is 0.415 e. The number of fused-ring (bicyclic) bond motifs is 6. The summed E-state index contributed by atoms with van der Waals surface area (Å²) in [6, 6.07) is 34.0. The van der Waals surface area contributed by atoms with Crippen molar-refractivity contribution in [3.05, 3.63) is 148 Å². The van der Waals surface area contributed by atoms with E-state index in [0.29, 0.717) is 11.3 Å². The minimum Gasteiger partial charge on any atom is -0.307 e. The number of alkyl halides is 3. The van der Waals surface area contributed by atoms with Crippen molar-refractivity contribution in [1.82, 2.24) is 9.13 Å². The average Bonchev–Trinajstić information content (AvgIpc) is 3.63. The van der Waals surface area contributed by atoms with E-state index < -0.39 is 11.7 Å². The number of benzene rings is 6. The SMILES string of the molecule is [C-]#[N+]c1cc(-c2cc(-n3c4c(C)cccc4c4cccc(C)c43)c(-n3c4c(C)cccc4c4cccc(C)c43)cc2C#N)cc(C(F)(F)F)c1. The van der Waals surface area contributed by atoms with Gasteiger partial charge in [0.1, 0.15) is 0 Å². The Labute approximate surface area is 286 Å². The molecule has 8 rings (SSSR count). The smallest absolute Gasteiger partial charge is 0.307 e. The van der Waals surface area contributed by atoms with Crippen LogP contribution in [0.5, 0.6) is 0 Å². The zero-order valence-electron chi connectivity index (χ0n) is 27.7. The summed E-state index contributed by atoms with van der Waals surface area (Å²) >= 11 is 0. The Balaban J connectivity index is 1.63. The second-order valence-corrected chi connectivity index (χ2v) is 12.9. The van der Waals surface area contributed by atoms with Gasteiger partial charge in [0.05, 0.1) is 51.6 Å². The quantitative estimate of drug-likeness (QED) is 0.174. The van der Waals surface area contributed by atoms with Crippen LogP contribution in [0.15, 0.2) is 103 Å². The highest BCUT2D eigenvalue weighted by Crippen LogP contribution is 2.44. The maximum Gasteiger partial charge on any atom is 0.415 e. The van der Waals surface area contributed by atoms with Crippen LogP contribution in [-0.2, 0) is 6.18 Å². The van der Waals surface area contributed by atoms with Crippen molar-refractivity contribution in [1.29, 1.82) is 5.26 Å². The molecule has 0 aliphatic carbocycles. The van der Waals surface area contributed by atoms with E-state index in [1.54, 1.807) is 6.07 Å². The van der Waals surface area contributed by atoms with Crippen LogP contribution in [-0.4, -0.2) is 9.13 Å². The van der Waals surface area contributed by atoms with Gasteiger partial charge in [-0.3, -0.25) is 0 Å². The summed E-state index contributed by atoms with van der Waals surface area (Å²) in [5.74, 6) is 0. The van der Waals surface area contributed by atoms with Gasteiger partial charge in [0, 0.05) is 32.7 Å². The van der Waals surface area contributed by atoms with Gasteiger partial charge in [0.15, 0.2) is 5.69 Å². The lowest BCUT2D eigenvalue weighted by Gasteiger charge is -2.21. The zero-order chi connectivity index (χ0) is 35.1. The number of rotatable bonds is 3. The number of para-hydroxylation sites is 4. The van der Waals surface area contributed by atoms with Crippen LogP contribution in [0.2, 0.25) is 0 Å². The number of hydrogen-bond acceptors (Lipinski definition) is 1. The molecule has 0 spiro atoms. The molecule has 8 aromatic rings. The van der Waals surface area contributed by atoms with E-state index in [9.17, 15) is 18.4 Å². The molecular formula is C43H29F3N4. The van der Waals surface area contributed by atoms with E-state index in [4.69, 9.17) is 6.57 Å². The number of aryl methyl sites for hydroxylation is 4. The van der Waals surface area contributed by atoms with Crippen molar-refractivity contribution < 1.29 is 13.2 Å². The van der Waals surface area contributed by atoms with E-state index >= 15 is 0 Å². The van der Waals surface area contributed by atoms with E-state index in [-0.39, 0.29) is 16.8 Å². The summed E-state index contributed by atoms with van der Waals surface area (Å²) in [4.78, 5) is 3.37. The van der Waals surface area contributed by atoms with Gasteiger partial charge in [-0.25, -0.2) is 4.85 Å². The highest BCUT2D eigenvalue weighted by Gasteiger charge is 2.32. The molecule has 2 aromatic heterocycles. The van der Waals surface area contributed by atoms with Gasteiger partial charge < -0.3 is 9.13 Å². The van der Waals surface area contributed by atoms with E-state index in [2.05, 4.69) is 96.3 Å². The van der Waals surface area contributed by atoms with Crippen LogP contribution in [0.4, 0.5) is 18.9 Å². The lowest BCUT2D eigenvalue weighted by Crippen LogP contribution is -2.08. The number of nitriles is 1. The Hall–Kier alpha value is -6.31. The third-order valence-electron chi connectivity index (χ3n) is 9.83. The normalized spacial score (nSPS) is 11.9. The van der Waals surface area contributed by atoms with Crippen LogP contribution in [0.3, 0.4) is 0 Å². The zero-order valence-corrected chi connectivity index (χ0v) is 27.7. The number of aromatic nitrogens is 2. The maximum absolute atomic E-state index is 14.2. The third kappa shape index (κ3) is 4.51. The van der Waals surface area contributed by atoms with Crippen LogP contribution in [0.1, 0.15) is 33.4 Å². The van der Waals surface area contributed by atoms with Crippen LogP contribution in [0.25, 0.3) is 71.0 Å². The van der Waals surface area contributed by atoms with Gasteiger partial charge in [-0.15, -0.1) is 0 Å². The summed E-state index contributed by atoms with van der Waals surface area (Å²) < 4.78 is 46.9. The first-order valence-electron chi connectivity index (χ1n) is 16.2. The third-order valence-corrected chi connectivity index (χ3v) is 9.83. The molecule has 0 N–H and O–H groups in total. The monoisotopic (exact) mass is 658 g/mol. The molecule has 0 bridgehead atoms. The molecule has 0 unspecified atom stereocenters. The van der Waals surface area contributed by atoms with E-state index in [1.807, 2.05) is 30.3 Å². The second kappa shape index (κ2) is 11.1. The molecule has 4 nitrogen and oxygen atoms in total. The minimum absolute atomic E-state index is 0.151. The van der Waals surface area contributed by atoms with Crippen LogP contribution >= 0.6 is 0 Å². The van der Waals surface area contributed by atoms with Crippen molar-refractivity contribution >= 4 is 49.3 Å². The molecule has 0 aliphatic heterocycles. The Morgan fingerprint density at radius 3 is 1.40 bits per heavy atom. The van der Waals surface area contributed by atoms with Crippen LogP contribution in [0, 0.1) is 45.6 Å². The fraction of sp³-hybridized carbons (Fsp3) is 0.116. The predicted molar refractivity (Wildman–Crippen MR) is 195 cm³/mol. The Bertz CT molecular complexity index is 2700. The predicted octanol–water partition coefficient (Wildman–Crippen LogP) is 12.2. The Morgan fingerprint density at radius 2 is 1.02 bits per heavy atom. The summed E-state index contributed by atoms with van der Waals surface area (Å²) in [7, 11) is 0. The molecule has 50 heavy (non-hydrogen) atoms. The van der Waals surface area contributed by atoms with Gasteiger partial charge in [-0.1, -0.05) is 72.8 Å². The molecule has 0 aliphatic rings. The standard InChI is InChI=1S/C43H29F3N4/c1-24-10-6-14-32-33-15-7-11-25(2)40(33)49(39(24)32)37-20-29(23-47)36(28-18-30(43(44,45)46)21-31(19-28)48-5)22-38(37)50-41-26(3)12-8-16-34(41)35-17-9-13-27(4)42(35)50/h6-22H,1-4H3. The molecule has 0 saturated heterocycles. The molecule has 0 amide bonds. The fourth-order valence-corrected chi connectivity index (χ4v) is 7.66. The van der Waals surface area contributed by atoms with Gasteiger partial charge in [0.25, 0.3) is 0 Å². The first kappa shape index (κ1) is 31.0. The number of hydrogen-bond donors (Lipinski definition) is 0. The fourth-order valence-electron chi connectivity index (χ4n) is 7.66. The Morgan fingerprint density at radius 1 is 0.600 bits per heavy atom. The highest BCUT2D eigenvalue weighted by molar-refractivity contribution is 6.13. The van der Waals surface area contributed by atoms with Crippen molar-refractivity contribution in [2.45, 2.75) is 33.9 Å². The molecular weight excluding hydrogens is 629 g/mol. The summed E-state index contributed by atoms with van der Waals surface area (Å²) in [5, 5.41) is 14.9. The van der Waals surface area contributed by atoms with Crippen molar-refractivity contribution in [2.24, 2.45) is 0 Å². The van der Waals surface area contributed by atoms with Crippen molar-refractivity contribution in [3.8, 4) is 28.6 Å². The lowest BCUT2D eigenvalue weighted by atomic mass is 9.95. The molecule has 242 valence electrons.